The van der Waals surface area contributed by atoms with Gasteiger partial charge in [0.25, 0.3) is 5.91 Å². The predicted octanol–water partition coefficient (Wildman–Crippen LogP) is 6.47. The van der Waals surface area contributed by atoms with Gasteiger partial charge in [0.15, 0.2) is 0 Å². The molecule has 1 aliphatic rings. The van der Waals surface area contributed by atoms with Crippen LogP contribution in [0.5, 0.6) is 0 Å². The topological polar surface area (TPSA) is 89.6 Å². The largest absolute Gasteiger partial charge is 0.449 e. The van der Waals surface area contributed by atoms with Crippen molar-refractivity contribution in [1.82, 2.24) is 15.0 Å². The zero-order valence-electron chi connectivity index (χ0n) is 21.9. The van der Waals surface area contributed by atoms with E-state index in [1.165, 1.54) is 0 Å². The lowest BCUT2D eigenvalue weighted by molar-refractivity contribution is 0.0964. The highest BCUT2D eigenvalue weighted by molar-refractivity contribution is 6.30. The quantitative estimate of drug-likeness (QED) is 0.275. The number of ether oxygens (including phenoxy) is 1. The number of carbonyl (C=O) groups is 2. The highest BCUT2D eigenvalue weighted by Crippen LogP contribution is 2.39. The Morgan fingerprint density at radius 3 is 2.56 bits per heavy atom. The average molecular weight is 543 g/mol. The molecule has 1 N–H and O–H groups in total. The summed E-state index contributed by atoms with van der Waals surface area (Å²) in [7, 11) is 1.62. The molecule has 2 aromatic heterocycles. The highest BCUT2D eigenvalue weighted by atomic mass is 35.5. The maximum Gasteiger partial charge on any atom is 0.414 e. The zero-order chi connectivity index (χ0) is 27.3. The number of fused-ring (bicyclic) bond motifs is 3. The number of cyclic esters (lactones) is 1. The number of carbonyl (C=O) groups excluding carboxylic acids is 2. The molecule has 8 nitrogen and oxygen atoms in total. The van der Waals surface area contributed by atoms with E-state index in [-0.39, 0.29) is 12.0 Å². The molecule has 5 aromatic rings. The number of benzene rings is 3. The SMILES string of the molecule is CNC(=O)c1cc(-c2c(C)noc2C)cc2c1c1cc(N3CCCOC3=O)ccc1n2Cc1ccc(Cl)cc1. The second-order valence-corrected chi connectivity index (χ2v) is 10.2. The van der Waals surface area contributed by atoms with Crippen molar-refractivity contribution >= 4 is 51.1 Å². The van der Waals surface area contributed by atoms with E-state index in [1.807, 2.05) is 62.4 Å². The molecule has 198 valence electrons. The lowest BCUT2D eigenvalue weighted by atomic mass is 9.97. The number of aryl methyl sites for hydroxylation is 2. The van der Waals surface area contributed by atoms with E-state index in [2.05, 4.69) is 21.1 Å². The van der Waals surface area contributed by atoms with Gasteiger partial charge in [0, 0.05) is 58.3 Å². The van der Waals surface area contributed by atoms with Gasteiger partial charge in [-0.3, -0.25) is 9.69 Å². The van der Waals surface area contributed by atoms with Crippen molar-refractivity contribution in [2.75, 3.05) is 25.1 Å². The Labute approximate surface area is 230 Å². The summed E-state index contributed by atoms with van der Waals surface area (Å²) in [5.74, 6) is 0.475. The van der Waals surface area contributed by atoms with E-state index >= 15 is 0 Å². The average Bonchev–Trinajstić information content (AvgIpc) is 3.44. The van der Waals surface area contributed by atoms with Crippen LogP contribution in [0.15, 0.2) is 59.1 Å². The molecule has 0 spiro atoms. The summed E-state index contributed by atoms with van der Waals surface area (Å²) in [6.07, 6.45) is 0.393. The summed E-state index contributed by atoms with van der Waals surface area (Å²) in [6, 6.07) is 17.6. The molecule has 0 saturated carbocycles. The normalized spacial score (nSPS) is 13.7. The summed E-state index contributed by atoms with van der Waals surface area (Å²) in [5.41, 5.74) is 6.61. The van der Waals surface area contributed by atoms with Gasteiger partial charge in [0.1, 0.15) is 5.76 Å². The van der Waals surface area contributed by atoms with Gasteiger partial charge in [0.2, 0.25) is 0 Å². The van der Waals surface area contributed by atoms with E-state index in [9.17, 15) is 9.59 Å². The van der Waals surface area contributed by atoms with Gasteiger partial charge >= 0.3 is 6.09 Å². The summed E-state index contributed by atoms with van der Waals surface area (Å²) < 4.78 is 12.9. The van der Waals surface area contributed by atoms with E-state index < -0.39 is 0 Å². The molecule has 1 aliphatic heterocycles. The van der Waals surface area contributed by atoms with Gasteiger partial charge in [-0.2, -0.15) is 0 Å². The van der Waals surface area contributed by atoms with Crippen molar-refractivity contribution in [2.45, 2.75) is 26.8 Å². The first-order valence-electron chi connectivity index (χ1n) is 12.8. The fraction of sp³-hybridized carbons (Fsp3) is 0.233. The van der Waals surface area contributed by atoms with E-state index in [4.69, 9.17) is 20.9 Å². The Morgan fingerprint density at radius 1 is 1.08 bits per heavy atom. The van der Waals surface area contributed by atoms with E-state index in [0.29, 0.717) is 36.0 Å². The molecule has 3 heterocycles. The second-order valence-electron chi connectivity index (χ2n) is 9.73. The van der Waals surface area contributed by atoms with Crippen LogP contribution < -0.4 is 10.2 Å². The van der Waals surface area contributed by atoms with Crippen LogP contribution in [0.2, 0.25) is 5.02 Å². The second kappa shape index (κ2) is 9.78. The van der Waals surface area contributed by atoms with Crippen LogP contribution in [0.1, 0.15) is 33.8 Å². The Balaban J connectivity index is 1.66. The molecular weight excluding hydrogens is 516 g/mol. The summed E-state index contributed by atoms with van der Waals surface area (Å²) in [4.78, 5) is 27.5. The first-order valence-corrected chi connectivity index (χ1v) is 13.2. The van der Waals surface area contributed by atoms with Crippen LogP contribution in [0.25, 0.3) is 32.9 Å². The summed E-state index contributed by atoms with van der Waals surface area (Å²) >= 11 is 6.16. The van der Waals surface area contributed by atoms with E-state index in [1.54, 1.807) is 11.9 Å². The van der Waals surface area contributed by atoms with Crippen molar-refractivity contribution in [1.29, 1.82) is 0 Å². The molecule has 1 saturated heterocycles. The van der Waals surface area contributed by atoms with Crippen molar-refractivity contribution in [2.24, 2.45) is 0 Å². The number of rotatable bonds is 5. The van der Waals surface area contributed by atoms with Crippen LogP contribution in [-0.2, 0) is 11.3 Å². The number of nitrogens with zero attached hydrogens (tertiary/aromatic N) is 3. The number of amides is 2. The molecule has 0 aliphatic carbocycles. The standard InChI is InChI=1S/C30H27ClN4O4/c1-17-27(18(2)39-33-17)20-13-24(29(36)32-3)28-23-15-22(34-11-4-12-38-30(34)37)9-10-25(23)35(26(28)14-20)16-19-5-7-21(31)8-6-19/h5-10,13-15H,4,11-12,16H2,1-3H3,(H,32,36). The van der Waals surface area contributed by atoms with Crippen molar-refractivity contribution in [3.05, 3.63) is 82.2 Å². The molecule has 2 amide bonds. The van der Waals surface area contributed by atoms with Crippen LogP contribution in [-0.4, -0.2) is 41.9 Å². The number of hydrogen-bond donors (Lipinski definition) is 1. The number of nitrogens with one attached hydrogen (secondary N) is 1. The van der Waals surface area contributed by atoms with Gasteiger partial charge in [0.05, 0.1) is 17.8 Å². The molecule has 3 aromatic carbocycles. The minimum Gasteiger partial charge on any atom is -0.449 e. The third-order valence-corrected chi connectivity index (χ3v) is 7.53. The maximum atomic E-state index is 13.3. The fourth-order valence-electron chi connectivity index (χ4n) is 5.46. The summed E-state index contributed by atoms with van der Waals surface area (Å²) in [5, 5.41) is 9.29. The first-order chi connectivity index (χ1) is 18.9. The predicted molar refractivity (Wildman–Crippen MR) is 152 cm³/mol. The Bertz CT molecular complexity index is 1730. The lowest BCUT2D eigenvalue weighted by Gasteiger charge is -2.26. The molecule has 9 heteroatoms. The molecule has 1 fully saturated rings. The molecule has 39 heavy (non-hydrogen) atoms. The molecular formula is C30H27ClN4O4. The van der Waals surface area contributed by atoms with Crippen LogP contribution in [0.4, 0.5) is 10.5 Å². The van der Waals surface area contributed by atoms with Gasteiger partial charge in [-0.25, -0.2) is 4.79 Å². The van der Waals surface area contributed by atoms with Gasteiger partial charge in [-0.05, 0) is 73.9 Å². The number of aromatic nitrogens is 2. The number of anilines is 1. The van der Waals surface area contributed by atoms with Gasteiger partial charge in [-0.15, -0.1) is 0 Å². The van der Waals surface area contributed by atoms with Gasteiger partial charge < -0.3 is 19.1 Å². The Kier molecular flexibility index (Phi) is 6.27. The molecule has 6 rings (SSSR count). The van der Waals surface area contributed by atoms with Crippen LogP contribution in [0, 0.1) is 13.8 Å². The third kappa shape index (κ3) is 4.30. The molecule has 0 radical (unpaired) electrons. The first kappa shape index (κ1) is 25.0. The fourth-order valence-corrected chi connectivity index (χ4v) is 5.59. The minimum atomic E-state index is -0.363. The van der Waals surface area contributed by atoms with Gasteiger partial charge in [-0.1, -0.05) is 28.9 Å². The third-order valence-electron chi connectivity index (χ3n) is 7.28. The molecule has 0 bridgehead atoms. The number of hydrogen-bond acceptors (Lipinski definition) is 5. The smallest absolute Gasteiger partial charge is 0.414 e. The zero-order valence-corrected chi connectivity index (χ0v) is 22.6. The van der Waals surface area contributed by atoms with Crippen LogP contribution in [0.3, 0.4) is 0 Å². The molecule has 0 unspecified atom stereocenters. The van der Waals surface area contributed by atoms with E-state index in [0.717, 1.165) is 56.3 Å². The molecule has 0 atom stereocenters. The van der Waals surface area contributed by atoms with Crippen LogP contribution >= 0.6 is 11.6 Å². The van der Waals surface area contributed by atoms with Crippen molar-refractivity contribution in [3.63, 3.8) is 0 Å². The lowest BCUT2D eigenvalue weighted by Crippen LogP contribution is -2.37. The monoisotopic (exact) mass is 542 g/mol. The highest BCUT2D eigenvalue weighted by Gasteiger charge is 2.25. The maximum absolute atomic E-state index is 13.3. The van der Waals surface area contributed by atoms with Crippen molar-refractivity contribution < 1.29 is 18.8 Å². The van der Waals surface area contributed by atoms with Crippen molar-refractivity contribution in [3.8, 4) is 11.1 Å². The number of halogens is 1. The Hall–Kier alpha value is -4.30. The Morgan fingerprint density at radius 2 is 1.87 bits per heavy atom. The minimum absolute atomic E-state index is 0.207. The summed E-state index contributed by atoms with van der Waals surface area (Å²) in [6.45, 7) is 5.31.